The van der Waals surface area contributed by atoms with Crippen molar-refractivity contribution >= 4 is 33.5 Å². The van der Waals surface area contributed by atoms with Gasteiger partial charge in [0.25, 0.3) is 0 Å². The van der Waals surface area contributed by atoms with Crippen LogP contribution in [0.4, 0.5) is 0 Å². The Labute approximate surface area is 147 Å². The molecule has 0 aliphatic rings. The quantitative estimate of drug-likeness (QED) is 0.588. The van der Waals surface area contributed by atoms with Crippen LogP contribution in [0.25, 0.3) is 11.6 Å². The molecule has 0 fully saturated rings. The predicted molar refractivity (Wildman–Crippen MR) is 93.9 cm³/mol. The zero-order chi connectivity index (χ0) is 17.7. The Morgan fingerprint density at radius 1 is 1.29 bits per heavy atom. The summed E-state index contributed by atoms with van der Waals surface area (Å²) in [6.45, 7) is 2.20. The zero-order valence-electron chi connectivity index (χ0n) is 12.8. The summed E-state index contributed by atoms with van der Waals surface area (Å²) in [4.78, 5) is 10.9. The van der Waals surface area contributed by atoms with Gasteiger partial charge in [0, 0.05) is 0 Å². The Kier molecular flexibility index (Phi) is 5.61. The lowest BCUT2D eigenvalue weighted by molar-refractivity contribution is 0.0697. The fourth-order valence-corrected chi connectivity index (χ4v) is 2.54. The number of aromatic hydroxyl groups is 1. The number of nitriles is 1. The maximum atomic E-state index is 10.9. The summed E-state index contributed by atoms with van der Waals surface area (Å²) in [6.07, 6.45) is 1.64. The van der Waals surface area contributed by atoms with Gasteiger partial charge in [-0.1, -0.05) is 12.1 Å². The second-order valence-corrected chi connectivity index (χ2v) is 5.69. The number of hydrogen-bond donors (Lipinski definition) is 2. The van der Waals surface area contributed by atoms with Crippen LogP contribution in [0, 0.1) is 11.3 Å². The van der Waals surface area contributed by atoms with E-state index in [0.717, 1.165) is 0 Å². The summed E-state index contributed by atoms with van der Waals surface area (Å²) in [5, 5.41) is 28.2. The molecule has 5 nitrogen and oxygen atoms in total. The number of nitrogens with zero attached hydrogens (tertiary/aromatic N) is 1. The number of hydrogen-bond acceptors (Lipinski definition) is 4. The van der Waals surface area contributed by atoms with Gasteiger partial charge in [-0.3, -0.25) is 0 Å². The first-order chi connectivity index (χ1) is 11.5. The molecule has 0 aliphatic carbocycles. The molecule has 6 heteroatoms. The predicted octanol–water partition coefficient (Wildman–Crippen LogP) is 4.32. The number of halogens is 1. The fraction of sp³-hybridized carbons (Fsp3) is 0.111. The van der Waals surface area contributed by atoms with Gasteiger partial charge in [-0.15, -0.1) is 0 Å². The first-order valence-electron chi connectivity index (χ1n) is 7.07. The molecule has 0 saturated heterocycles. The van der Waals surface area contributed by atoms with E-state index in [1.807, 2.05) is 0 Å². The molecule has 2 aromatic rings. The van der Waals surface area contributed by atoms with E-state index in [9.17, 15) is 15.2 Å². The largest absolute Gasteiger partial charge is 0.503 e. The molecule has 0 radical (unpaired) electrons. The van der Waals surface area contributed by atoms with Gasteiger partial charge in [0.15, 0.2) is 11.5 Å². The van der Waals surface area contributed by atoms with Crippen LogP contribution < -0.4 is 4.74 Å². The van der Waals surface area contributed by atoms with Crippen molar-refractivity contribution in [3.8, 4) is 17.6 Å². The van der Waals surface area contributed by atoms with Gasteiger partial charge in [-0.25, -0.2) is 4.79 Å². The monoisotopic (exact) mass is 387 g/mol. The van der Waals surface area contributed by atoms with Crippen LogP contribution >= 0.6 is 15.9 Å². The van der Waals surface area contributed by atoms with Crippen LogP contribution in [0.3, 0.4) is 0 Å². The molecule has 0 saturated carbocycles. The van der Waals surface area contributed by atoms with Crippen molar-refractivity contribution in [1.82, 2.24) is 0 Å². The van der Waals surface area contributed by atoms with Crippen molar-refractivity contribution in [3.05, 3.63) is 57.6 Å². The Morgan fingerprint density at radius 3 is 2.46 bits per heavy atom. The summed E-state index contributed by atoms with van der Waals surface area (Å²) in [5.41, 5.74) is 1.79. The second kappa shape index (κ2) is 7.66. The maximum Gasteiger partial charge on any atom is 0.335 e. The van der Waals surface area contributed by atoms with Gasteiger partial charge < -0.3 is 14.9 Å². The molecule has 0 amide bonds. The number of phenols is 1. The molecule has 2 rings (SSSR count). The molecule has 0 aliphatic heterocycles. The summed E-state index contributed by atoms with van der Waals surface area (Å²) < 4.78 is 5.82. The van der Waals surface area contributed by atoms with Crippen molar-refractivity contribution in [2.75, 3.05) is 6.61 Å². The number of carbonyl (C=O) groups is 1. The first-order valence-corrected chi connectivity index (χ1v) is 7.86. The number of ether oxygens (including phenoxy) is 1. The second-order valence-electron chi connectivity index (χ2n) is 4.83. The van der Waals surface area contributed by atoms with Gasteiger partial charge >= 0.3 is 5.97 Å². The van der Waals surface area contributed by atoms with E-state index in [2.05, 4.69) is 22.0 Å². The average molecular weight is 388 g/mol. The standard InChI is InChI=1S/C18H14BrNO4/c1-2-24-16-9-11(8-15(19)17(16)21)7-14(10-20)12-3-5-13(6-4-12)18(22)23/h3-9,21H,2H2,1H3,(H,22,23)/b14-7-. The lowest BCUT2D eigenvalue weighted by Crippen LogP contribution is -1.95. The van der Waals surface area contributed by atoms with Crippen molar-refractivity contribution in [3.63, 3.8) is 0 Å². The zero-order valence-corrected chi connectivity index (χ0v) is 14.4. The molecular weight excluding hydrogens is 374 g/mol. The molecule has 2 N–H and O–H groups in total. The van der Waals surface area contributed by atoms with Crippen LogP contribution in [-0.4, -0.2) is 22.8 Å². The molecule has 0 heterocycles. The van der Waals surface area contributed by atoms with Crippen molar-refractivity contribution < 1.29 is 19.7 Å². The fourth-order valence-electron chi connectivity index (χ4n) is 2.08. The topological polar surface area (TPSA) is 90.5 Å². The Bertz CT molecular complexity index is 835. The Hall–Kier alpha value is -2.78. The third-order valence-electron chi connectivity index (χ3n) is 3.22. The highest BCUT2D eigenvalue weighted by molar-refractivity contribution is 9.10. The lowest BCUT2D eigenvalue weighted by Gasteiger charge is -2.09. The highest BCUT2D eigenvalue weighted by Gasteiger charge is 2.10. The number of benzene rings is 2. The highest BCUT2D eigenvalue weighted by atomic mass is 79.9. The Balaban J connectivity index is 2.44. The molecule has 0 aromatic heterocycles. The SMILES string of the molecule is CCOc1cc(/C=C(/C#N)c2ccc(C(=O)O)cc2)cc(Br)c1O. The number of carboxylic acid groups (broad SMARTS) is 1. The van der Waals surface area contributed by atoms with Gasteiger partial charge in [0.1, 0.15) is 0 Å². The normalized spacial score (nSPS) is 11.0. The molecule has 0 spiro atoms. The number of phenolic OH excluding ortho intramolecular Hbond substituents is 1. The van der Waals surface area contributed by atoms with Gasteiger partial charge in [-0.05, 0) is 64.3 Å². The third kappa shape index (κ3) is 3.94. The molecule has 0 unspecified atom stereocenters. The molecule has 0 bridgehead atoms. The van der Waals surface area contributed by atoms with E-state index in [1.165, 1.54) is 12.1 Å². The number of allylic oxidation sites excluding steroid dienone is 1. The van der Waals surface area contributed by atoms with Gasteiger partial charge in [-0.2, -0.15) is 5.26 Å². The van der Waals surface area contributed by atoms with E-state index in [1.54, 1.807) is 37.3 Å². The first kappa shape index (κ1) is 17.6. The number of carboxylic acids is 1. The molecular formula is C18H14BrNO4. The van der Waals surface area contributed by atoms with E-state index < -0.39 is 5.97 Å². The minimum atomic E-state index is -1.02. The molecule has 2 aromatic carbocycles. The minimum absolute atomic E-state index is 0.00156. The summed E-state index contributed by atoms with van der Waals surface area (Å²) in [5.74, 6) is -0.706. The smallest absolute Gasteiger partial charge is 0.335 e. The van der Waals surface area contributed by atoms with Crippen LogP contribution in [0.5, 0.6) is 11.5 Å². The summed E-state index contributed by atoms with van der Waals surface area (Å²) in [6, 6.07) is 11.4. The maximum absolute atomic E-state index is 10.9. The third-order valence-corrected chi connectivity index (χ3v) is 3.83. The number of aromatic carboxylic acids is 1. The van der Waals surface area contributed by atoms with Crippen molar-refractivity contribution in [1.29, 1.82) is 5.26 Å². The molecule has 24 heavy (non-hydrogen) atoms. The van der Waals surface area contributed by atoms with Crippen LogP contribution in [0.2, 0.25) is 0 Å². The summed E-state index contributed by atoms with van der Waals surface area (Å²) >= 11 is 3.25. The lowest BCUT2D eigenvalue weighted by atomic mass is 10.0. The van der Waals surface area contributed by atoms with E-state index in [0.29, 0.717) is 33.5 Å². The van der Waals surface area contributed by atoms with Gasteiger partial charge in [0.05, 0.1) is 28.3 Å². The highest BCUT2D eigenvalue weighted by Crippen LogP contribution is 2.36. The van der Waals surface area contributed by atoms with Gasteiger partial charge in [0.2, 0.25) is 0 Å². The van der Waals surface area contributed by atoms with Crippen molar-refractivity contribution in [2.24, 2.45) is 0 Å². The van der Waals surface area contributed by atoms with Crippen LogP contribution in [0.15, 0.2) is 40.9 Å². The molecule has 0 atom stereocenters. The van der Waals surface area contributed by atoms with E-state index >= 15 is 0 Å². The minimum Gasteiger partial charge on any atom is -0.503 e. The number of rotatable bonds is 5. The van der Waals surface area contributed by atoms with E-state index in [-0.39, 0.29) is 11.3 Å². The van der Waals surface area contributed by atoms with Crippen LogP contribution in [-0.2, 0) is 0 Å². The summed E-state index contributed by atoms with van der Waals surface area (Å²) in [7, 11) is 0. The van der Waals surface area contributed by atoms with Crippen molar-refractivity contribution in [2.45, 2.75) is 6.92 Å². The average Bonchev–Trinajstić information content (AvgIpc) is 2.57. The molecule has 122 valence electrons. The van der Waals surface area contributed by atoms with Crippen LogP contribution in [0.1, 0.15) is 28.4 Å². The Morgan fingerprint density at radius 2 is 1.92 bits per heavy atom. The van der Waals surface area contributed by atoms with E-state index in [4.69, 9.17) is 9.84 Å².